The molecule has 22 heavy (non-hydrogen) atoms. The molecule has 1 N–H and O–H groups in total. The van der Waals surface area contributed by atoms with Crippen molar-refractivity contribution in [2.45, 2.75) is 18.9 Å². The van der Waals surface area contributed by atoms with Gasteiger partial charge in [0.2, 0.25) is 0 Å². The van der Waals surface area contributed by atoms with E-state index in [0.29, 0.717) is 22.6 Å². The van der Waals surface area contributed by atoms with Crippen LogP contribution in [-0.4, -0.2) is 20.3 Å². The maximum Gasteiger partial charge on any atom is 0.275 e. The molecule has 1 fully saturated rings. The van der Waals surface area contributed by atoms with E-state index in [4.69, 9.17) is 11.6 Å². The van der Waals surface area contributed by atoms with Gasteiger partial charge in [0, 0.05) is 24.0 Å². The number of nitrogens with one attached hydrogen (secondary N) is 1. The number of aromatic nitrogens is 3. The first-order valence-electron chi connectivity index (χ1n) is 7.24. The number of amides is 1. The normalized spacial score (nSPS) is 14.5. The summed E-state index contributed by atoms with van der Waals surface area (Å²) in [7, 11) is 1.85. The third kappa shape index (κ3) is 2.01. The lowest BCUT2D eigenvalue weighted by Crippen LogP contribution is -2.18. The molecule has 3 aromatic rings. The molecule has 112 valence electrons. The van der Waals surface area contributed by atoms with E-state index in [9.17, 15) is 4.79 Å². The van der Waals surface area contributed by atoms with Gasteiger partial charge >= 0.3 is 0 Å². The highest BCUT2D eigenvalue weighted by Gasteiger charge is 2.27. The van der Waals surface area contributed by atoms with Crippen molar-refractivity contribution in [2.24, 2.45) is 7.05 Å². The summed E-state index contributed by atoms with van der Waals surface area (Å²) < 4.78 is 3.69. The van der Waals surface area contributed by atoms with E-state index >= 15 is 0 Å². The monoisotopic (exact) mass is 314 g/mol. The number of halogens is 1. The topological polar surface area (TPSA) is 51.9 Å². The maximum atomic E-state index is 12.7. The number of benzene rings is 1. The van der Waals surface area contributed by atoms with Crippen molar-refractivity contribution >= 4 is 34.2 Å². The summed E-state index contributed by atoms with van der Waals surface area (Å²) in [5.74, 6) is 0.500. The molecule has 2 heterocycles. The van der Waals surface area contributed by atoms with E-state index in [2.05, 4.69) is 10.4 Å². The zero-order valence-electron chi connectivity index (χ0n) is 12.1. The number of carbonyl (C=O) groups is 1. The fraction of sp³-hybridized carbons (Fsp3) is 0.250. The molecular weight excluding hydrogens is 300 g/mol. The molecule has 5 nitrogen and oxygen atoms in total. The Morgan fingerprint density at radius 3 is 2.82 bits per heavy atom. The minimum absolute atomic E-state index is 0.217. The molecule has 4 rings (SSSR count). The van der Waals surface area contributed by atoms with Crippen LogP contribution in [0.4, 0.5) is 5.82 Å². The minimum Gasteiger partial charge on any atom is -0.338 e. The number of anilines is 1. The smallest absolute Gasteiger partial charge is 0.275 e. The third-order valence-corrected chi connectivity index (χ3v) is 4.45. The van der Waals surface area contributed by atoms with Crippen LogP contribution in [0.25, 0.3) is 10.9 Å². The van der Waals surface area contributed by atoms with Crippen molar-refractivity contribution in [3.63, 3.8) is 0 Å². The van der Waals surface area contributed by atoms with Crippen LogP contribution in [0.15, 0.2) is 36.5 Å². The van der Waals surface area contributed by atoms with Gasteiger partial charge in [-0.1, -0.05) is 29.8 Å². The van der Waals surface area contributed by atoms with Gasteiger partial charge in [-0.25, -0.2) is 4.68 Å². The second-order valence-electron chi connectivity index (χ2n) is 5.59. The first kappa shape index (κ1) is 13.4. The van der Waals surface area contributed by atoms with Crippen LogP contribution in [-0.2, 0) is 7.05 Å². The molecule has 1 saturated carbocycles. The van der Waals surface area contributed by atoms with Crippen molar-refractivity contribution in [2.75, 3.05) is 5.32 Å². The Morgan fingerprint density at radius 1 is 1.32 bits per heavy atom. The summed E-state index contributed by atoms with van der Waals surface area (Å²) in [5, 5.41) is 8.56. The van der Waals surface area contributed by atoms with Gasteiger partial charge in [-0.15, -0.1) is 0 Å². The molecule has 1 aliphatic carbocycles. The molecule has 0 atom stereocenters. The van der Waals surface area contributed by atoms with Gasteiger partial charge in [-0.05, 0) is 18.9 Å². The number of aryl methyl sites for hydroxylation is 1. The van der Waals surface area contributed by atoms with E-state index < -0.39 is 0 Å². The summed E-state index contributed by atoms with van der Waals surface area (Å²) in [5.41, 5.74) is 1.40. The van der Waals surface area contributed by atoms with Gasteiger partial charge in [0.15, 0.2) is 0 Å². The van der Waals surface area contributed by atoms with Crippen molar-refractivity contribution in [3.05, 3.63) is 47.2 Å². The third-order valence-electron chi connectivity index (χ3n) is 4.06. The highest BCUT2D eigenvalue weighted by molar-refractivity contribution is 6.39. The van der Waals surface area contributed by atoms with E-state index in [1.54, 1.807) is 6.20 Å². The molecule has 0 spiro atoms. The number of hydrogen-bond acceptors (Lipinski definition) is 2. The number of carbonyl (C=O) groups excluding carboxylic acids is 1. The highest BCUT2D eigenvalue weighted by atomic mass is 35.5. The van der Waals surface area contributed by atoms with Gasteiger partial charge in [-0.3, -0.25) is 4.79 Å². The molecule has 0 radical (unpaired) electrons. The first-order chi connectivity index (χ1) is 10.7. The number of hydrogen-bond donors (Lipinski definition) is 1. The molecule has 6 heteroatoms. The minimum atomic E-state index is -0.217. The van der Waals surface area contributed by atoms with Crippen molar-refractivity contribution in [1.29, 1.82) is 0 Å². The molecule has 2 aromatic heterocycles. The molecule has 1 aromatic carbocycles. The second-order valence-corrected chi connectivity index (χ2v) is 5.96. The Kier molecular flexibility index (Phi) is 2.97. The molecule has 1 aliphatic rings. The van der Waals surface area contributed by atoms with Crippen LogP contribution in [0.5, 0.6) is 0 Å². The Hall–Kier alpha value is -2.27. The molecule has 0 unspecified atom stereocenters. The van der Waals surface area contributed by atoms with E-state index in [1.165, 1.54) is 0 Å². The van der Waals surface area contributed by atoms with Crippen LogP contribution in [0.3, 0.4) is 0 Å². The Labute approximate surface area is 132 Å². The average Bonchev–Trinajstić information content (AvgIpc) is 3.21. The predicted molar refractivity (Wildman–Crippen MR) is 86.4 cm³/mol. The van der Waals surface area contributed by atoms with Crippen LogP contribution in [0.2, 0.25) is 5.02 Å². The predicted octanol–water partition coefficient (Wildman–Crippen LogP) is 3.62. The molecule has 0 aliphatic heterocycles. The van der Waals surface area contributed by atoms with Crippen LogP contribution < -0.4 is 5.32 Å². The molecule has 0 saturated heterocycles. The fourth-order valence-electron chi connectivity index (χ4n) is 2.80. The summed E-state index contributed by atoms with van der Waals surface area (Å²) in [4.78, 5) is 12.7. The van der Waals surface area contributed by atoms with Gasteiger partial charge in [0.1, 0.15) is 11.5 Å². The van der Waals surface area contributed by atoms with Crippen molar-refractivity contribution in [1.82, 2.24) is 14.3 Å². The zero-order chi connectivity index (χ0) is 15.3. The van der Waals surface area contributed by atoms with Crippen LogP contribution >= 0.6 is 11.6 Å². The zero-order valence-corrected chi connectivity index (χ0v) is 12.8. The van der Waals surface area contributed by atoms with Crippen molar-refractivity contribution in [3.8, 4) is 0 Å². The van der Waals surface area contributed by atoms with E-state index in [0.717, 1.165) is 23.7 Å². The highest BCUT2D eigenvalue weighted by Crippen LogP contribution is 2.37. The molecule has 0 bridgehead atoms. The summed E-state index contributed by atoms with van der Waals surface area (Å²) in [6.07, 6.45) is 3.93. The lowest BCUT2D eigenvalue weighted by molar-refractivity contribution is 0.101. The Balaban J connectivity index is 1.72. The molecule has 1 amide bonds. The Bertz CT molecular complexity index is 837. The lowest BCUT2D eigenvalue weighted by atomic mass is 10.2. The summed E-state index contributed by atoms with van der Waals surface area (Å²) in [6.45, 7) is 0. The number of fused-ring (bicyclic) bond motifs is 1. The molecular formula is C16H15ClN4O. The van der Waals surface area contributed by atoms with E-state index in [1.807, 2.05) is 46.6 Å². The lowest BCUT2D eigenvalue weighted by Gasteiger charge is -2.09. The van der Waals surface area contributed by atoms with Gasteiger partial charge in [0.05, 0.1) is 17.3 Å². The summed E-state index contributed by atoms with van der Waals surface area (Å²) >= 11 is 6.41. The number of para-hydroxylation sites is 1. The number of nitrogens with zero attached hydrogens (tertiary/aromatic N) is 3. The maximum absolute atomic E-state index is 12.7. The number of rotatable bonds is 3. The van der Waals surface area contributed by atoms with Gasteiger partial charge < -0.3 is 9.88 Å². The van der Waals surface area contributed by atoms with Crippen LogP contribution in [0, 0.1) is 0 Å². The van der Waals surface area contributed by atoms with Gasteiger partial charge in [-0.2, -0.15) is 5.10 Å². The largest absolute Gasteiger partial charge is 0.338 e. The summed E-state index contributed by atoms with van der Waals surface area (Å²) in [6, 6.07) is 9.94. The quantitative estimate of drug-likeness (QED) is 0.803. The fourth-order valence-corrected chi connectivity index (χ4v) is 3.17. The standard InChI is InChI=1S/C16H15ClN4O/c1-20-12-5-3-2-4-11(12)14(17)15(20)16(22)19-13-8-9-18-21(13)10-6-7-10/h2-5,8-10H,6-7H2,1H3,(H,19,22). The van der Waals surface area contributed by atoms with Gasteiger partial charge in [0.25, 0.3) is 5.91 Å². The SMILES string of the molecule is Cn1c(C(=O)Nc2ccnn2C2CC2)c(Cl)c2ccccc21. The Morgan fingerprint density at radius 2 is 2.09 bits per heavy atom. The second kappa shape index (κ2) is 4.88. The average molecular weight is 315 g/mol. The van der Waals surface area contributed by atoms with E-state index in [-0.39, 0.29) is 5.91 Å². The first-order valence-corrected chi connectivity index (χ1v) is 7.62. The van der Waals surface area contributed by atoms with Crippen molar-refractivity contribution < 1.29 is 4.79 Å². The van der Waals surface area contributed by atoms with Crippen LogP contribution in [0.1, 0.15) is 29.4 Å².